The molecule has 0 aromatic rings. The lowest BCUT2D eigenvalue weighted by Gasteiger charge is -2.22. The molecule has 0 aromatic heterocycles. The Morgan fingerprint density at radius 2 is 1.46 bits per heavy atom. The average molecular weight is 180 g/mol. The number of allylic oxidation sites excluding steroid dienone is 4. The lowest BCUT2D eigenvalue weighted by molar-refractivity contribution is -0.112. The third kappa shape index (κ3) is 4.66. The lowest BCUT2D eigenvalue weighted by atomic mass is 9.83. The van der Waals surface area contributed by atoms with E-state index in [0.717, 1.165) is 0 Å². The van der Waals surface area contributed by atoms with Crippen LogP contribution < -0.4 is 0 Å². The first-order chi connectivity index (χ1) is 5.75. The molecule has 0 aliphatic carbocycles. The predicted octanol–water partition coefficient (Wildman–Crippen LogP) is 3.51. The molecule has 74 valence electrons. The molecule has 0 spiro atoms. The maximum Gasteiger partial charge on any atom is 0.152 e. The smallest absolute Gasteiger partial charge is 0.152 e. The summed E-state index contributed by atoms with van der Waals surface area (Å²) in [6, 6.07) is 0. The topological polar surface area (TPSA) is 17.1 Å². The van der Waals surface area contributed by atoms with Gasteiger partial charge in [0, 0.05) is 0 Å². The third-order valence-electron chi connectivity index (χ3n) is 1.83. The standard InChI is InChI=1S/C12H20O/c1-9(2)11(12(4,5)6)8-7-10(3)13/h7-8H,1-6H3/b8-7+. The molecular weight excluding hydrogens is 160 g/mol. The predicted molar refractivity (Wildman–Crippen MR) is 57.7 cm³/mol. The zero-order valence-corrected chi connectivity index (χ0v) is 9.56. The van der Waals surface area contributed by atoms with Crippen LogP contribution in [0.4, 0.5) is 0 Å². The largest absolute Gasteiger partial charge is 0.295 e. The van der Waals surface area contributed by atoms with E-state index in [9.17, 15) is 4.79 Å². The summed E-state index contributed by atoms with van der Waals surface area (Å²) in [5, 5.41) is 0. The van der Waals surface area contributed by atoms with Crippen molar-refractivity contribution < 1.29 is 4.79 Å². The van der Waals surface area contributed by atoms with Crippen LogP contribution in [0, 0.1) is 5.41 Å². The number of rotatable bonds is 2. The number of hydrogen-bond acceptors (Lipinski definition) is 1. The van der Waals surface area contributed by atoms with Crippen molar-refractivity contribution in [3.63, 3.8) is 0 Å². The molecule has 0 aromatic carbocycles. The summed E-state index contributed by atoms with van der Waals surface area (Å²) in [6.45, 7) is 12.2. The van der Waals surface area contributed by atoms with Crippen LogP contribution >= 0.6 is 0 Å². The Morgan fingerprint density at radius 1 is 1.00 bits per heavy atom. The second-order valence-corrected chi connectivity index (χ2v) is 4.61. The summed E-state index contributed by atoms with van der Waals surface area (Å²) in [5.74, 6) is 0.100. The monoisotopic (exact) mass is 180 g/mol. The fourth-order valence-electron chi connectivity index (χ4n) is 1.37. The Labute approximate surface area is 81.5 Å². The van der Waals surface area contributed by atoms with Crippen LogP contribution in [0.1, 0.15) is 41.5 Å². The van der Waals surface area contributed by atoms with E-state index >= 15 is 0 Å². The molecule has 0 bridgehead atoms. The van der Waals surface area contributed by atoms with Gasteiger partial charge in [-0.05, 0) is 37.8 Å². The Bertz CT molecular complexity index is 245. The van der Waals surface area contributed by atoms with Crippen molar-refractivity contribution >= 4 is 5.78 Å². The highest BCUT2D eigenvalue weighted by molar-refractivity contribution is 5.87. The first-order valence-corrected chi connectivity index (χ1v) is 4.61. The molecule has 1 nitrogen and oxygen atoms in total. The van der Waals surface area contributed by atoms with Gasteiger partial charge in [-0.15, -0.1) is 0 Å². The van der Waals surface area contributed by atoms with Crippen LogP contribution in [-0.4, -0.2) is 5.78 Å². The van der Waals surface area contributed by atoms with Crippen molar-refractivity contribution in [2.75, 3.05) is 0 Å². The van der Waals surface area contributed by atoms with Gasteiger partial charge in [0.1, 0.15) is 0 Å². The highest BCUT2D eigenvalue weighted by atomic mass is 16.1. The molecule has 0 N–H and O–H groups in total. The fraction of sp³-hybridized carbons (Fsp3) is 0.583. The van der Waals surface area contributed by atoms with Crippen LogP contribution in [0.15, 0.2) is 23.3 Å². The molecular formula is C12H20O. The van der Waals surface area contributed by atoms with Gasteiger partial charge < -0.3 is 0 Å². The zero-order chi connectivity index (χ0) is 10.6. The third-order valence-corrected chi connectivity index (χ3v) is 1.83. The molecule has 0 saturated carbocycles. The highest BCUT2D eigenvalue weighted by Gasteiger charge is 2.15. The maximum absolute atomic E-state index is 10.8. The molecule has 0 aliphatic rings. The molecule has 0 heterocycles. The minimum absolute atomic E-state index is 0.100. The van der Waals surface area contributed by atoms with E-state index < -0.39 is 0 Å². The van der Waals surface area contributed by atoms with E-state index in [0.29, 0.717) is 0 Å². The van der Waals surface area contributed by atoms with E-state index in [1.165, 1.54) is 11.1 Å². The molecule has 0 fully saturated rings. The highest BCUT2D eigenvalue weighted by Crippen LogP contribution is 2.28. The lowest BCUT2D eigenvalue weighted by Crippen LogP contribution is -2.09. The second kappa shape index (κ2) is 4.40. The summed E-state index contributed by atoms with van der Waals surface area (Å²) in [6.07, 6.45) is 3.56. The van der Waals surface area contributed by atoms with Crippen LogP contribution in [0.5, 0.6) is 0 Å². The van der Waals surface area contributed by atoms with E-state index in [-0.39, 0.29) is 11.2 Å². The van der Waals surface area contributed by atoms with Gasteiger partial charge in [0.15, 0.2) is 5.78 Å². The van der Waals surface area contributed by atoms with Crippen LogP contribution in [0.3, 0.4) is 0 Å². The van der Waals surface area contributed by atoms with Crippen molar-refractivity contribution in [1.29, 1.82) is 0 Å². The Hall–Kier alpha value is -0.850. The van der Waals surface area contributed by atoms with E-state index in [2.05, 4.69) is 34.6 Å². The van der Waals surface area contributed by atoms with Crippen molar-refractivity contribution in [1.82, 2.24) is 0 Å². The van der Waals surface area contributed by atoms with Gasteiger partial charge in [0.25, 0.3) is 0 Å². The van der Waals surface area contributed by atoms with Gasteiger partial charge in [-0.25, -0.2) is 0 Å². The minimum Gasteiger partial charge on any atom is -0.295 e. The van der Waals surface area contributed by atoms with Crippen LogP contribution in [0.2, 0.25) is 0 Å². The van der Waals surface area contributed by atoms with Crippen molar-refractivity contribution in [2.24, 2.45) is 5.41 Å². The summed E-state index contributed by atoms with van der Waals surface area (Å²) in [5.41, 5.74) is 2.62. The summed E-state index contributed by atoms with van der Waals surface area (Å²) < 4.78 is 0. The van der Waals surface area contributed by atoms with Gasteiger partial charge in [-0.3, -0.25) is 4.79 Å². The van der Waals surface area contributed by atoms with Crippen molar-refractivity contribution in [3.05, 3.63) is 23.3 Å². The molecule has 0 atom stereocenters. The normalized spacial score (nSPS) is 11.8. The molecule has 13 heavy (non-hydrogen) atoms. The van der Waals surface area contributed by atoms with E-state index in [1.807, 2.05) is 6.08 Å². The maximum atomic E-state index is 10.8. The summed E-state index contributed by atoms with van der Waals surface area (Å²) in [4.78, 5) is 10.8. The quantitative estimate of drug-likeness (QED) is 0.469. The van der Waals surface area contributed by atoms with Gasteiger partial charge in [0.05, 0.1) is 0 Å². The molecule has 0 radical (unpaired) electrons. The first-order valence-electron chi connectivity index (χ1n) is 4.61. The summed E-state index contributed by atoms with van der Waals surface area (Å²) in [7, 11) is 0. The molecule has 0 rings (SSSR count). The molecule has 1 heteroatoms. The number of carbonyl (C=O) groups excluding carboxylic acids is 1. The Kier molecular flexibility index (Phi) is 4.12. The molecule has 0 aliphatic heterocycles. The molecule has 0 saturated heterocycles. The molecule has 0 unspecified atom stereocenters. The van der Waals surface area contributed by atoms with Gasteiger partial charge in [0.2, 0.25) is 0 Å². The van der Waals surface area contributed by atoms with Gasteiger partial charge in [-0.1, -0.05) is 32.4 Å². The Balaban J connectivity index is 4.89. The summed E-state index contributed by atoms with van der Waals surface area (Å²) >= 11 is 0. The molecule has 0 amide bonds. The van der Waals surface area contributed by atoms with E-state index in [4.69, 9.17) is 0 Å². The SMILES string of the molecule is CC(=O)/C=C/C(=C(C)C)C(C)(C)C. The second-order valence-electron chi connectivity index (χ2n) is 4.61. The van der Waals surface area contributed by atoms with Crippen molar-refractivity contribution in [2.45, 2.75) is 41.5 Å². The average Bonchev–Trinajstić information content (AvgIpc) is 1.81. The minimum atomic E-state index is 0.100. The fourth-order valence-corrected chi connectivity index (χ4v) is 1.37. The first kappa shape index (κ1) is 12.2. The number of carbonyl (C=O) groups is 1. The van der Waals surface area contributed by atoms with Gasteiger partial charge in [-0.2, -0.15) is 0 Å². The van der Waals surface area contributed by atoms with E-state index in [1.54, 1.807) is 13.0 Å². The zero-order valence-electron chi connectivity index (χ0n) is 9.56. The number of hydrogen-bond donors (Lipinski definition) is 0. The number of ketones is 1. The van der Waals surface area contributed by atoms with Gasteiger partial charge >= 0.3 is 0 Å². The van der Waals surface area contributed by atoms with Crippen LogP contribution in [0.25, 0.3) is 0 Å². The van der Waals surface area contributed by atoms with Crippen LogP contribution in [-0.2, 0) is 4.79 Å². The Morgan fingerprint density at radius 3 is 1.69 bits per heavy atom. The van der Waals surface area contributed by atoms with Crippen molar-refractivity contribution in [3.8, 4) is 0 Å².